The average Bonchev–Trinajstić information content (AvgIpc) is 2.25. The van der Waals surface area contributed by atoms with E-state index in [2.05, 4.69) is 17.6 Å². The Morgan fingerprint density at radius 1 is 1.59 bits per heavy atom. The van der Waals surface area contributed by atoms with Gasteiger partial charge in [0.15, 0.2) is 0 Å². The maximum absolute atomic E-state index is 11.5. The number of hydrogen-bond donors (Lipinski definition) is 2. The molecule has 0 radical (unpaired) electrons. The van der Waals surface area contributed by atoms with E-state index < -0.39 is 5.60 Å². The molecule has 0 aromatic carbocycles. The predicted molar refractivity (Wildman–Crippen MR) is 66.0 cm³/mol. The minimum absolute atomic E-state index is 0.304. The summed E-state index contributed by atoms with van der Waals surface area (Å²) in [6.45, 7) is 10.6. The van der Waals surface area contributed by atoms with Gasteiger partial charge in [-0.25, -0.2) is 4.79 Å². The van der Waals surface area contributed by atoms with Crippen molar-refractivity contribution in [2.45, 2.75) is 39.3 Å². The molecule has 0 spiro atoms. The lowest BCUT2D eigenvalue weighted by atomic mass is 10.0. The summed E-state index contributed by atoms with van der Waals surface area (Å²) in [7, 11) is 0. The highest BCUT2D eigenvalue weighted by molar-refractivity contribution is 5.67. The number of carbonyl (C=O) groups excluding carboxylic acids is 1. The van der Waals surface area contributed by atoms with Crippen LogP contribution in [0.1, 0.15) is 27.7 Å². The molecule has 0 aromatic rings. The zero-order chi connectivity index (χ0) is 12.9. The molecular formula is C12H24N2O3. The zero-order valence-corrected chi connectivity index (χ0v) is 11.2. The Hall–Kier alpha value is -0.810. The standard InChI is InChI=1S/C12H24N2O3/c1-9(10-8-16-6-5-13-10)7-14-11(15)17-12(2,3)4/h9-10,13H,5-8H2,1-4H3,(H,14,15). The number of nitrogens with one attached hydrogen (secondary N) is 2. The molecule has 1 heterocycles. The normalized spacial score (nSPS) is 22.9. The van der Waals surface area contributed by atoms with E-state index in [1.54, 1.807) is 0 Å². The van der Waals surface area contributed by atoms with Gasteiger partial charge in [-0.2, -0.15) is 0 Å². The highest BCUT2D eigenvalue weighted by atomic mass is 16.6. The van der Waals surface area contributed by atoms with E-state index >= 15 is 0 Å². The van der Waals surface area contributed by atoms with Crippen molar-refractivity contribution in [2.75, 3.05) is 26.3 Å². The smallest absolute Gasteiger partial charge is 0.407 e. The van der Waals surface area contributed by atoms with E-state index in [-0.39, 0.29) is 6.09 Å². The maximum atomic E-state index is 11.5. The van der Waals surface area contributed by atoms with Crippen LogP contribution in [0.25, 0.3) is 0 Å². The van der Waals surface area contributed by atoms with Gasteiger partial charge in [0.1, 0.15) is 5.60 Å². The molecule has 17 heavy (non-hydrogen) atoms. The van der Waals surface area contributed by atoms with Gasteiger partial charge in [-0.05, 0) is 26.7 Å². The number of morpholine rings is 1. The van der Waals surface area contributed by atoms with E-state index in [0.29, 0.717) is 25.1 Å². The van der Waals surface area contributed by atoms with Gasteiger partial charge in [0.25, 0.3) is 0 Å². The Labute approximate surface area is 103 Å². The first-order chi connectivity index (χ1) is 7.88. The number of carbonyl (C=O) groups is 1. The lowest BCUT2D eigenvalue weighted by Crippen LogP contribution is -2.48. The third-order valence-electron chi connectivity index (χ3n) is 2.60. The van der Waals surface area contributed by atoms with Gasteiger partial charge in [-0.3, -0.25) is 0 Å². The largest absolute Gasteiger partial charge is 0.444 e. The van der Waals surface area contributed by atoms with Crippen LogP contribution in [0.5, 0.6) is 0 Å². The van der Waals surface area contributed by atoms with Crippen molar-refractivity contribution in [1.29, 1.82) is 0 Å². The Morgan fingerprint density at radius 3 is 2.82 bits per heavy atom. The molecule has 1 saturated heterocycles. The van der Waals surface area contributed by atoms with Gasteiger partial charge >= 0.3 is 6.09 Å². The fourth-order valence-electron chi connectivity index (χ4n) is 1.65. The fourth-order valence-corrected chi connectivity index (χ4v) is 1.65. The highest BCUT2D eigenvalue weighted by Crippen LogP contribution is 2.08. The molecule has 5 heteroatoms. The number of rotatable bonds is 3. The number of ether oxygens (including phenoxy) is 2. The van der Waals surface area contributed by atoms with Crippen molar-refractivity contribution in [2.24, 2.45) is 5.92 Å². The van der Waals surface area contributed by atoms with Gasteiger partial charge in [0, 0.05) is 19.1 Å². The molecule has 100 valence electrons. The van der Waals surface area contributed by atoms with Crippen LogP contribution in [0.4, 0.5) is 4.79 Å². The summed E-state index contributed by atoms with van der Waals surface area (Å²) in [5, 5.41) is 6.15. The van der Waals surface area contributed by atoms with Crippen molar-refractivity contribution in [3.05, 3.63) is 0 Å². The molecule has 1 aliphatic rings. The molecule has 1 rings (SSSR count). The van der Waals surface area contributed by atoms with Gasteiger partial charge in [0.05, 0.1) is 13.2 Å². The molecule has 2 atom stereocenters. The maximum Gasteiger partial charge on any atom is 0.407 e. The monoisotopic (exact) mass is 244 g/mol. The van der Waals surface area contributed by atoms with Gasteiger partial charge in [-0.1, -0.05) is 6.92 Å². The van der Waals surface area contributed by atoms with Crippen LogP contribution in [0.15, 0.2) is 0 Å². The number of alkyl carbamates (subject to hydrolysis) is 1. The molecule has 5 nitrogen and oxygen atoms in total. The second kappa shape index (κ2) is 6.21. The van der Waals surface area contributed by atoms with Gasteiger partial charge in [0.2, 0.25) is 0 Å². The van der Waals surface area contributed by atoms with Crippen LogP contribution in [0.3, 0.4) is 0 Å². The molecule has 1 amide bonds. The van der Waals surface area contributed by atoms with Crippen LogP contribution in [-0.2, 0) is 9.47 Å². The van der Waals surface area contributed by atoms with Crippen molar-refractivity contribution >= 4 is 6.09 Å². The van der Waals surface area contributed by atoms with E-state index in [4.69, 9.17) is 9.47 Å². The second-order valence-electron chi connectivity index (χ2n) is 5.50. The Balaban J connectivity index is 2.22. The lowest BCUT2D eigenvalue weighted by Gasteiger charge is -2.29. The van der Waals surface area contributed by atoms with Crippen LogP contribution in [0.2, 0.25) is 0 Å². The minimum atomic E-state index is -0.445. The molecule has 1 aliphatic heterocycles. The number of amides is 1. The van der Waals surface area contributed by atoms with Crippen LogP contribution < -0.4 is 10.6 Å². The Bertz CT molecular complexity index is 245. The van der Waals surface area contributed by atoms with Crippen LogP contribution in [0, 0.1) is 5.92 Å². The average molecular weight is 244 g/mol. The first kappa shape index (κ1) is 14.3. The summed E-state index contributed by atoms with van der Waals surface area (Å²) in [4.78, 5) is 11.5. The minimum Gasteiger partial charge on any atom is -0.444 e. The molecule has 2 N–H and O–H groups in total. The Morgan fingerprint density at radius 2 is 2.29 bits per heavy atom. The highest BCUT2D eigenvalue weighted by Gasteiger charge is 2.22. The van der Waals surface area contributed by atoms with E-state index in [1.165, 1.54) is 0 Å². The van der Waals surface area contributed by atoms with Crippen molar-refractivity contribution in [1.82, 2.24) is 10.6 Å². The van der Waals surface area contributed by atoms with Gasteiger partial charge < -0.3 is 20.1 Å². The summed E-state index contributed by atoms with van der Waals surface area (Å²) in [5.74, 6) is 0.322. The first-order valence-electron chi connectivity index (χ1n) is 6.16. The molecule has 0 aliphatic carbocycles. The third kappa shape index (κ3) is 5.89. The first-order valence-corrected chi connectivity index (χ1v) is 6.16. The molecule has 0 aromatic heterocycles. The summed E-state index contributed by atoms with van der Waals surface area (Å²) < 4.78 is 10.6. The molecule has 0 saturated carbocycles. The predicted octanol–water partition coefficient (Wildman–Crippen LogP) is 1.14. The quantitative estimate of drug-likeness (QED) is 0.781. The van der Waals surface area contributed by atoms with Crippen LogP contribution >= 0.6 is 0 Å². The summed E-state index contributed by atoms with van der Waals surface area (Å²) in [5.41, 5.74) is -0.445. The van der Waals surface area contributed by atoms with E-state index in [1.807, 2.05) is 20.8 Å². The fraction of sp³-hybridized carbons (Fsp3) is 0.917. The topological polar surface area (TPSA) is 59.6 Å². The van der Waals surface area contributed by atoms with Crippen LogP contribution in [-0.4, -0.2) is 44.0 Å². The molecular weight excluding hydrogens is 220 g/mol. The molecule has 0 bridgehead atoms. The summed E-state index contributed by atoms with van der Waals surface area (Å²) >= 11 is 0. The van der Waals surface area contributed by atoms with Crippen molar-refractivity contribution < 1.29 is 14.3 Å². The lowest BCUT2D eigenvalue weighted by molar-refractivity contribution is 0.0457. The van der Waals surface area contributed by atoms with Crippen molar-refractivity contribution in [3.63, 3.8) is 0 Å². The summed E-state index contributed by atoms with van der Waals surface area (Å²) in [6, 6.07) is 0.304. The second-order valence-corrected chi connectivity index (χ2v) is 5.50. The molecule has 2 unspecified atom stereocenters. The zero-order valence-electron chi connectivity index (χ0n) is 11.2. The molecule has 1 fully saturated rings. The Kier molecular flexibility index (Phi) is 5.21. The van der Waals surface area contributed by atoms with E-state index in [0.717, 1.165) is 13.2 Å². The van der Waals surface area contributed by atoms with Gasteiger partial charge in [-0.15, -0.1) is 0 Å². The summed E-state index contributed by atoms with van der Waals surface area (Å²) in [6.07, 6.45) is -0.360. The van der Waals surface area contributed by atoms with E-state index in [9.17, 15) is 4.79 Å². The SMILES string of the molecule is CC(CNC(=O)OC(C)(C)C)C1COCCN1. The third-order valence-corrected chi connectivity index (χ3v) is 2.60. The van der Waals surface area contributed by atoms with Crippen molar-refractivity contribution in [3.8, 4) is 0 Å². The number of hydrogen-bond acceptors (Lipinski definition) is 4.